The summed E-state index contributed by atoms with van der Waals surface area (Å²) in [4.78, 5) is 16.7. The molecule has 0 saturated heterocycles. The van der Waals surface area contributed by atoms with Gasteiger partial charge < -0.3 is 0 Å². The molecule has 2 aromatic rings. The monoisotopic (exact) mass is 314 g/mol. The van der Waals surface area contributed by atoms with Gasteiger partial charge in [-0.05, 0) is 49.9 Å². The SMILES string of the molecule is Cc1cc(C)cc(-n2ccnc2SC2CCCCCC2=O)c1. The number of hydrogen-bond acceptors (Lipinski definition) is 3. The number of nitrogens with zero attached hydrogens (tertiary/aromatic N) is 2. The summed E-state index contributed by atoms with van der Waals surface area (Å²) in [7, 11) is 0. The summed E-state index contributed by atoms with van der Waals surface area (Å²) in [6.45, 7) is 4.21. The van der Waals surface area contributed by atoms with Crippen molar-refractivity contribution in [3.05, 3.63) is 41.7 Å². The lowest BCUT2D eigenvalue weighted by Gasteiger charge is -2.14. The zero-order chi connectivity index (χ0) is 15.5. The lowest BCUT2D eigenvalue weighted by Crippen LogP contribution is -2.15. The average molecular weight is 314 g/mol. The number of imidazole rings is 1. The summed E-state index contributed by atoms with van der Waals surface area (Å²) in [6.07, 6.45) is 8.87. The van der Waals surface area contributed by atoms with Gasteiger partial charge in [0.15, 0.2) is 5.16 Å². The van der Waals surface area contributed by atoms with Gasteiger partial charge in [0, 0.05) is 24.5 Å². The van der Waals surface area contributed by atoms with E-state index < -0.39 is 0 Å². The van der Waals surface area contributed by atoms with Crippen LogP contribution in [0.1, 0.15) is 43.2 Å². The maximum atomic E-state index is 12.2. The minimum atomic E-state index is 0.0644. The van der Waals surface area contributed by atoms with Crippen molar-refractivity contribution in [1.29, 1.82) is 0 Å². The smallest absolute Gasteiger partial charge is 0.173 e. The highest BCUT2D eigenvalue weighted by molar-refractivity contribution is 8.00. The molecule has 0 amide bonds. The maximum absolute atomic E-state index is 12.2. The number of ketones is 1. The number of carbonyl (C=O) groups is 1. The van der Waals surface area contributed by atoms with E-state index in [1.165, 1.54) is 17.5 Å². The van der Waals surface area contributed by atoms with Crippen molar-refractivity contribution in [2.24, 2.45) is 0 Å². The molecule has 0 bridgehead atoms. The Bertz CT molecular complexity index is 657. The number of carbonyl (C=O) groups excluding carboxylic acids is 1. The van der Waals surface area contributed by atoms with Crippen LogP contribution >= 0.6 is 11.8 Å². The highest BCUT2D eigenvalue weighted by Crippen LogP contribution is 2.31. The predicted molar refractivity (Wildman–Crippen MR) is 90.8 cm³/mol. The second-order valence-corrected chi connectivity index (χ2v) is 7.27. The third-order valence-electron chi connectivity index (χ3n) is 4.09. The van der Waals surface area contributed by atoms with E-state index in [0.717, 1.165) is 36.5 Å². The molecule has 4 heteroatoms. The zero-order valence-electron chi connectivity index (χ0n) is 13.2. The van der Waals surface area contributed by atoms with Crippen molar-refractivity contribution < 1.29 is 4.79 Å². The van der Waals surface area contributed by atoms with E-state index in [2.05, 4.69) is 41.6 Å². The number of thioether (sulfide) groups is 1. The predicted octanol–water partition coefficient (Wildman–Crippen LogP) is 4.48. The average Bonchev–Trinajstić information content (AvgIpc) is 2.83. The minimum absolute atomic E-state index is 0.0644. The Morgan fingerprint density at radius 3 is 2.68 bits per heavy atom. The third-order valence-corrected chi connectivity index (χ3v) is 5.38. The Kier molecular flexibility index (Phi) is 4.67. The van der Waals surface area contributed by atoms with E-state index in [0.29, 0.717) is 5.78 Å². The van der Waals surface area contributed by atoms with Gasteiger partial charge in [0.25, 0.3) is 0 Å². The van der Waals surface area contributed by atoms with E-state index in [1.54, 1.807) is 11.8 Å². The van der Waals surface area contributed by atoms with Gasteiger partial charge in [-0.2, -0.15) is 0 Å². The molecule has 0 radical (unpaired) electrons. The number of aryl methyl sites for hydroxylation is 2. The summed E-state index contributed by atoms with van der Waals surface area (Å²) >= 11 is 1.63. The second-order valence-electron chi connectivity index (χ2n) is 6.10. The van der Waals surface area contributed by atoms with Crippen LogP contribution in [-0.2, 0) is 4.79 Å². The van der Waals surface area contributed by atoms with Crippen LogP contribution in [0.4, 0.5) is 0 Å². The molecule has 1 atom stereocenters. The lowest BCUT2D eigenvalue weighted by atomic mass is 10.1. The van der Waals surface area contributed by atoms with E-state index >= 15 is 0 Å². The van der Waals surface area contributed by atoms with Gasteiger partial charge in [0.05, 0.1) is 5.25 Å². The molecule has 116 valence electrons. The summed E-state index contributed by atoms with van der Waals surface area (Å²) in [5.41, 5.74) is 3.61. The van der Waals surface area contributed by atoms with Crippen LogP contribution in [0, 0.1) is 13.8 Å². The lowest BCUT2D eigenvalue weighted by molar-refractivity contribution is -0.118. The van der Waals surface area contributed by atoms with Gasteiger partial charge in [-0.3, -0.25) is 9.36 Å². The summed E-state index contributed by atoms with van der Waals surface area (Å²) in [6, 6.07) is 6.49. The third kappa shape index (κ3) is 3.43. The molecular weight excluding hydrogens is 292 g/mol. The van der Waals surface area contributed by atoms with Crippen LogP contribution in [0.25, 0.3) is 5.69 Å². The Morgan fingerprint density at radius 2 is 1.91 bits per heavy atom. The molecule has 1 aliphatic rings. The molecular formula is C18H22N2OS. The van der Waals surface area contributed by atoms with E-state index in [9.17, 15) is 4.79 Å². The number of aromatic nitrogens is 2. The largest absolute Gasteiger partial charge is 0.298 e. The van der Waals surface area contributed by atoms with Gasteiger partial charge in [0.2, 0.25) is 0 Å². The normalized spacial score (nSPS) is 19.2. The molecule has 0 N–H and O–H groups in total. The molecule has 1 saturated carbocycles. The molecule has 3 rings (SSSR count). The van der Waals surface area contributed by atoms with Crippen LogP contribution in [-0.4, -0.2) is 20.6 Å². The van der Waals surface area contributed by atoms with Crippen molar-refractivity contribution in [3.63, 3.8) is 0 Å². The van der Waals surface area contributed by atoms with Crippen LogP contribution in [0.3, 0.4) is 0 Å². The fourth-order valence-corrected chi connectivity index (χ4v) is 4.23. The van der Waals surface area contributed by atoms with Crippen molar-refractivity contribution in [2.45, 2.75) is 56.4 Å². The Hall–Kier alpha value is -1.55. The zero-order valence-corrected chi connectivity index (χ0v) is 14.0. The molecule has 0 spiro atoms. The van der Waals surface area contributed by atoms with Crippen LogP contribution in [0.5, 0.6) is 0 Å². The quantitative estimate of drug-likeness (QED) is 0.783. The van der Waals surface area contributed by atoms with Gasteiger partial charge in [-0.1, -0.05) is 30.7 Å². The van der Waals surface area contributed by atoms with Crippen molar-refractivity contribution in [2.75, 3.05) is 0 Å². The molecule has 1 aliphatic carbocycles. The number of hydrogen-bond donors (Lipinski definition) is 0. The summed E-state index contributed by atoms with van der Waals surface area (Å²) in [5.74, 6) is 0.387. The van der Waals surface area contributed by atoms with Gasteiger partial charge >= 0.3 is 0 Å². The molecule has 1 aromatic heterocycles. The van der Waals surface area contributed by atoms with Gasteiger partial charge in [-0.15, -0.1) is 0 Å². The van der Waals surface area contributed by atoms with E-state index in [4.69, 9.17) is 0 Å². The standard InChI is InChI=1S/C18H22N2OS/c1-13-10-14(2)12-15(11-13)20-9-8-19-18(20)22-17-7-5-3-4-6-16(17)21/h8-12,17H,3-7H2,1-2H3. The van der Waals surface area contributed by atoms with E-state index in [-0.39, 0.29) is 5.25 Å². The van der Waals surface area contributed by atoms with Gasteiger partial charge in [0.1, 0.15) is 5.78 Å². The summed E-state index contributed by atoms with van der Waals surface area (Å²) in [5, 5.41) is 0.986. The van der Waals surface area contributed by atoms with E-state index in [1.807, 2.05) is 12.4 Å². The van der Waals surface area contributed by atoms with Crippen LogP contribution in [0.2, 0.25) is 0 Å². The van der Waals surface area contributed by atoms with Crippen molar-refractivity contribution in [1.82, 2.24) is 9.55 Å². The molecule has 3 nitrogen and oxygen atoms in total. The first-order valence-corrected chi connectivity index (χ1v) is 8.83. The van der Waals surface area contributed by atoms with Crippen LogP contribution in [0.15, 0.2) is 35.7 Å². The highest BCUT2D eigenvalue weighted by atomic mass is 32.2. The molecule has 1 heterocycles. The maximum Gasteiger partial charge on any atom is 0.173 e. The first-order chi connectivity index (χ1) is 10.6. The Morgan fingerprint density at radius 1 is 1.14 bits per heavy atom. The van der Waals surface area contributed by atoms with Gasteiger partial charge in [-0.25, -0.2) is 4.98 Å². The van der Waals surface area contributed by atoms with Crippen molar-refractivity contribution in [3.8, 4) is 5.69 Å². The van der Waals surface area contributed by atoms with Crippen molar-refractivity contribution >= 4 is 17.5 Å². The summed E-state index contributed by atoms with van der Waals surface area (Å²) < 4.78 is 2.10. The number of Topliss-reactive ketones (excluding diaryl/α,β-unsaturated/α-hetero) is 1. The molecule has 1 fully saturated rings. The number of benzene rings is 1. The Labute approximate surface area is 136 Å². The molecule has 1 aromatic carbocycles. The topological polar surface area (TPSA) is 34.9 Å². The van der Waals surface area contributed by atoms with Crippen LogP contribution < -0.4 is 0 Å². The minimum Gasteiger partial charge on any atom is -0.298 e. The first-order valence-electron chi connectivity index (χ1n) is 7.95. The molecule has 22 heavy (non-hydrogen) atoms. The fraction of sp³-hybridized carbons (Fsp3) is 0.444. The molecule has 1 unspecified atom stereocenters. The number of rotatable bonds is 3. The Balaban J connectivity index is 1.87. The first kappa shape index (κ1) is 15.3. The second kappa shape index (κ2) is 6.69. The fourth-order valence-electron chi connectivity index (χ4n) is 3.04. The molecule has 0 aliphatic heterocycles. The highest BCUT2D eigenvalue weighted by Gasteiger charge is 2.23.